The summed E-state index contributed by atoms with van der Waals surface area (Å²) in [7, 11) is 0. The molecule has 1 aliphatic heterocycles. The number of nitrogens with one attached hydrogen (secondary N) is 1. The highest BCUT2D eigenvalue weighted by Gasteiger charge is 2.20. The highest BCUT2D eigenvalue weighted by molar-refractivity contribution is 5.80. The third kappa shape index (κ3) is 4.30. The van der Waals surface area contributed by atoms with Crippen molar-refractivity contribution in [3.63, 3.8) is 0 Å². The number of aromatic nitrogens is 3. The molecule has 0 radical (unpaired) electrons. The van der Waals surface area contributed by atoms with Crippen molar-refractivity contribution in [3.8, 4) is 0 Å². The Labute approximate surface area is 153 Å². The van der Waals surface area contributed by atoms with Gasteiger partial charge in [-0.15, -0.1) is 10.2 Å². The standard InChI is InChI=1S/C18H26FN7/c1-3-20-18(21-13-17-23-22-14-24(17)4-2)26-11-9-25(10-12-26)16-7-5-15(19)6-8-16/h5-8,14H,3-4,9-13H2,1-2H3,(H,20,21). The molecule has 1 aliphatic rings. The number of anilines is 1. The molecule has 0 aliphatic carbocycles. The summed E-state index contributed by atoms with van der Waals surface area (Å²) in [6.45, 7) is 9.78. The molecule has 7 nitrogen and oxygen atoms in total. The quantitative estimate of drug-likeness (QED) is 0.651. The minimum atomic E-state index is -0.200. The molecule has 0 unspecified atom stereocenters. The third-order valence-corrected chi connectivity index (χ3v) is 4.51. The van der Waals surface area contributed by atoms with E-state index in [9.17, 15) is 4.39 Å². The Kier molecular flexibility index (Phi) is 6.04. The number of piperazine rings is 1. The van der Waals surface area contributed by atoms with E-state index in [1.165, 1.54) is 12.1 Å². The lowest BCUT2D eigenvalue weighted by Crippen LogP contribution is -2.52. The summed E-state index contributed by atoms with van der Waals surface area (Å²) in [6.07, 6.45) is 1.74. The van der Waals surface area contributed by atoms with Crippen LogP contribution < -0.4 is 10.2 Å². The van der Waals surface area contributed by atoms with E-state index in [1.807, 2.05) is 16.7 Å². The molecule has 0 saturated carbocycles. The van der Waals surface area contributed by atoms with E-state index in [-0.39, 0.29) is 5.82 Å². The summed E-state index contributed by atoms with van der Waals surface area (Å²) in [5.74, 6) is 1.57. The van der Waals surface area contributed by atoms with Crippen LogP contribution >= 0.6 is 0 Å². The Morgan fingerprint density at radius 1 is 1.15 bits per heavy atom. The van der Waals surface area contributed by atoms with Gasteiger partial charge in [-0.1, -0.05) is 0 Å². The van der Waals surface area contributed by atoms with Gasteiger partial charge in [0.2, 0.25) is 0 Å². The first-order chi connectivity index (χ1) is 12.7. The van der Waals surface area contributed by atoms with Gasteiger partial charge in [-0.2, -0.15) is 0 Å². The van der Waals surface area contributed by atoms with Gasteiger partial charge in [0.1, 0.15) is 18.7 Å². The maximum absolute atomic E-state index is 13.1. The topological polar surface area (TPSA) is 61.6 Å². The molecule has 3 rings (SSSR count). The van der Waals surface area contributed by atoms with Gasteiger partial charge in [-0.05, 0) is 38.1 Å². The molecular weight excluding hydrogens is 333 g/mol. The molecule has 0 spiro atoms. The van der Waals surface area contributed by atoms with Crippen LogP contribution in [-0.2, 0) is 13.1 Å². The molecule has 1 aromatic carbocycles. The van der Waals surface area contributed by atoms with Crippen LogP contribution in [-0.4, -0.2) is 58.3 Å². The first kappa shape index (κ1) is 18.2. The summed E-state index contributed by atoms with van der Waals surface area (Å²) in [4.78, 5) is 9.27. The number of hydrogen-bond acceptors (Lipinski definition) is 4. The molecule has 0 atom stereocenters. The largest absolute Gasteiger partial charge is 0.368 e. The predicted molar refractivity (Wildman–Crippen MR) is 101 cm³/mol. The molecule has 1 fully saturated rings. The van der Waals surface area contributed by atoms with Crippen LogP contribution in [0.15, 0.2) is 35.6 Å². The monoisotopic (exact) mass is 359 g/mol. The van der Waals surface area contributed by atoms with E-state index in [0.29, 0.717) is 6.54 Å². The molecule has 1 aromatic heterocycles. The van der Waals surface area contributed by atoms with Crippen LogP contribution in [0.5, 0.6) is 0 Å². The Bertz CT molecular complexity index is 717. The van der Waals surface area contributed by atoms with Gasteiger partial charge in [-0.3, -0.25) is 0 Å². The smallest absolute Gasteiger partial charge is 0.194 e. The van der Waals surface area contributed by atoms with E-state index >= 15 is 0 Å². The Balaban J connectivity index is 1.62. The molecule has 0 amide bonds. The first-order valence-electron chi connectivity index (χ1n) is 9.11. The van der Waals surface area contributed by atoms with E-state index < -0.39 is 0 Å². The van der Waals surface area contributed by atoms with Crippen molar-refractivity contribution in [2.75, 3.05) is 37.6 Å². The molecule has 1 saturated heterocycles. The van der Waals surface area contributed by atoms with E-state index in [0.717, 1.165) is 56.7 Å². The second-order valence-corrected chi connectivity index (χ2v) is 6.15. The predicted octanol–water partition coefficient (Wildman–Crippen LogP) is 1.72. The van der Waals surface area contributed by atoms with E-state index in [2.05, 4.69) is 39.2 Å². The molecule has 2 heterocycles. The number of aliphatic imine (C=N–C) groups is 1. The van der Waals surface area contributed by atoms with Gasteiger partial charge >= 0.3 is 0 Å². The molecular formula is C18H26FN7. The minimum absolute atomic E-state index is 0.200. The average Bonchev–Trinajstić information content (AvgIpc) is 3.13. The molecule has 1 N–H and O–H groups in total. The third-order valence-electron chi connectivity index (χ3n) is 4.51. The zero-order valence-electron chi connectivity index (χ0n) is 15.4. The number of guanidine groups is 1. The fourth-order valence-corrected chi connectivity index (χ4v) is 3.07. The van der Waals surface area contributed by atoms with Crippen molar-refractivity contribution in [1.29, 1.82) is 0 Å². The maximum Gasteiger partial charge on any atom is 0.194 e. The van der Waals surface area contributed by atoms with Crippen LogP contribution in [0.3, 0.4) is 0 Å². The fourth-order valence-electron chi connectivity index (χ4n) is 3.07. The zero-order chi connectivity index (χ0) is 18.4. The van der Waals surface area contributed by atoms with Gasteiger partial charge < -0.3 is 19.7 Å². The van der Waals surface area contributed by atoms with Crippen molar-refractivity contribution in [2.24, 2.45) is 4.99 Å². The lowest BCUT2D eigenvalue weighted by atomic mass is 10.2. The van der Waals surface area contributed by atoms with Crippen LogP contribution in [0, 0.1) is 5.82 Å². The molecule has 140 valence electrons. The highest BCUT2D eigenvalue weighted by Crippen LogP contribution is 2.17. The van der Waals surface area contributed by atoms with Crippen LogP contribution in [0.1, 0.15) is 19.7 Å². The van der Waals surface area contributed by atoms with E-state index in [4.69, 9.17) is 4.99 Å². The second kappa shape index (κ2) is 8.64. The zero-order valence-corrected chi connectivity index (χ0v) is 15.4. The summed E-state index contributed by atoms with van der Waals surface area (Å²) in [6, 6.07) is 6.69. The minimum Gasteiger partial charge on any atom is -0.368 e. The molecule has 2 aromatic rings. The Hall–Kier alpha value is -2.64. The molecule has 26 heavy (non-hydrogen) atoms. The summed E-state index contributed by atoms with van der Waals surface area (Å²) in [5, 5.41) is 11.5. The van der Waals surface area contributed by atoms with Gasteiger partial charge in [0, 0.05) is 45.0 Å². The molecule has 0 bridgehead atoms. The van der Waals surface area contributed by atoms with Crippen LogP contribution in [0.2, 0.25) is 0 Å². The number of nitrogens with zero attached hydrogens (tertiary/aromatic N) is 6. The van der Waals surface area contributed by atoms with Crippen molar-refractivity contribution in [2.45, 2.75) is 26.9 Å². The summed E-state index contributed by atoms with van der Waals surface area (Å²) in [5.41, 5.74) is 1.06. The Morgan fingerprint density at radius 3 is 2.54 bits per heavy atom. The Morgan fingerprint density at radius 2 is 1.88 bits per heavy atom. The first-order valence-corrected chi connectivity index (χ1v) is 9.11. The highest BCUT2D eigenvalue weighted by atomic mass is 19.1. The van der Waals surface area contributed by atoms with E-state index in [1.54, 1.807) is 6.33 Å². The second-order valence-electron chi connectivity index (χ2n) is 6.15. The fraction of sp³-hybridized carbons (Fsp3) is 0.500. The SMILES string of the molecule is CCNC(=NCc1nncn1CC)N1CCN(c2ccc(F)cc2)CC1. The molecule has 8 heteroatoms. The van der Waals surface area contributed by atoms with Crippen LogP contribution in [0.4, 0.5) is 10.1 Å². The van der Waals surface area contributed by atoms with Gasteiger partial charge in [0.25, 0.3) is 0 Å². The summed E-state index contributed by atoms with van der Waals surface area (Å²) < 4.78 is 15.1. The van der Waals surface area contributed by atoms with Crippen molar-refractivity contribution < 1.29 is 4.39 Å². The van der Waals surface area contributed by atoms with Gasteiger partial charge in [0.05, 0.1) is 0 Å². The lowest BCUT2D eigenvalue weighted by molar-refractivity contribution is 0.372. The number of halogens is 1. The van der Waals surface area contributed by atoms with Crippen molar-refractivity contribution in [3.05, 3.63) is 42.2 Å². The van der Waals surface area contributed by atoms with Crippen molar-refractivity contribution >= 4 is 11.6 Å². The summed E-state index contributed by atoms with van der Waals surface area (Å²) >= 11 is 0. The van der Waals surface area contributed by atoms with Gasteiger partial charge in [0.15, 0.2) is 11.8 Å². The normalized spacial score (nSPS) is 15.4. The number of aryl methyl sites for hydroxylation is 1. The van der Waals surface area contributed by atoms with Crippen molar-refractivity contribution in [1.82, 2.24) is 25.0 Å². The number of rotatable bonds is 5. The van der Waals surface area contributed by atoms with Crippen LogP contribution in [0.25, 0.3) is 0 Å². The lowest BCUT2D eigenvalue weighted by Gasteiger charge is -2.37. The number of benzene rings is 1. The maximum atomic E-state index is 13.1. The number of hydrogen-bond donors (Lipinski definition) is 1. The average molecular weight is 359 g/mol. The van der Waals surface area contributed by atoms with Gasteiger partial charge in [-0.25, -0.2) is 9.38 Å².